The van der Waals surface area contributed by atoms with Crippen LogP contribution in [0.3, 0.4) is 0 Å². The molecule has 1 heterocycles. The van der Waals surface area contributed by atoms with Crippen molar-refractivity contribution < 1.29 is 15.1 Å². The van der Waals surface area contributed by atoms with Gasteiger partial charge in [-0.05, 0) is 25.0 Å². The molecule has 7 heteroatoms. The molecule has 0 unspecified atom stereocenters. The second-order valence-electron chi connectivity index (χ2n) is 3.89. The van der Waals surface area contributed by atoms with Crippen molar-refractivity contribution in [3.8, 4) is 0 Å². The van der Waals surface area contributed by atoms with Gasteiger partial charge in [-0.2, -0.15) is 0 Å². The van der Waals surface area contributed by atoms with E-state index in [0.717, 1.165) is 31.6 Å². The molecule has 0 aromatic carbocycles. The third-order valence-corrected chi connectivity index (χ3v) is 2.67. The van der Waals surface area contributed by atoms with Gasteiger partial charge in [-0.1, -0.05) is 19.9 Å². The normalized spacial score (nSPS) is 10.3. The molecule has 1 aromatic rings. The summed E-state index contributed by atoms with van der Waals surface area (Å²) < 4.78 is 0. The van der Waals surface area contributed by atoms with Gasteiger partial charge < -0.3 is 10.5 Å². The number of pyridine rings is 1. The van der Waals surface area contributed by atoms with Crippen LogP contribution in [0.1, 0.15) is 32.4 Å². The molecule has 0 spiro atoms. The average Bonchev–Trinajstić information content (AvgIpc) is 2.50. The maximum absolute atomic E-state index is 4.38. The van der Waals surface area contributed by atoms with Gasteiger partial charge in [-0.25, -0.2) is 4.90 Å². The Labute approximate surface area is 139 Å². The summed E-state index contributed by atoms with van der Waals surface area (Å²) in [6, 6.07) is 5.67. The van der Waals surface area contributed by atoms with Gasteiger partial charge in [-0.3, -0.25) is 4.98 Å². The fourth-order valence-electron chi connectivity index (χ4n) is 1.51. The van der Waals surface area contributed by atoms with Crippen molar-refractivity contribution in [1.29, 1.82) is 0 Å². The molecule has 0 aliphatic rings. The molecule has 0 saturated heterocycles. The fraction of sp³-hybridized carbons (Fsp3) is 0.462. The summed E-state index contributed by atoms with van der Waals surface area (Å²) >= 11 is 8.04. The van der Waals surface area contributed by atoms with Gasteiger partial charge in [0.25, 0.3) is 0 Å². The number of nitrogens with zero attached hydrogens (tertiary/aromatic N) is 4. The fourth-order valence-corrected chi connectivity index (χ4v) is 1.76. The van der Waals surface area contributed by atoms with Crippen LogP contribution in [0.4, 0.5) is 0 Å². The molecule has 0 aliphatic carbocycles. The van der Waals surface area contributed by atoms with E-state index in [1.54, 1.807) is 12.4 Å². The average molecular weight is 363 g/mol. The Hall–Kier alpha value is -0.521. The molecule has 1 rings (SSSR count). The maximum atomic E-state index is 4.38. The Morgan fingerprint density at radius 2 is 2.05 bits per heavy atom. The summed E-state index contributed by atoms with van der Waals surface area (Å²) in [6.45, 7) is 6.19. The first-order chi connectivity index (χ1) is 9.77. The van der Waals surface area contributed by atoms with Crippen LogP contribution in [0.5, 0.6) is 0 Å². The van der Waals surface area contributed by atoms with Crippen LogP contribution in [0.25, 0.3) is 5.43 Å². The van der Waals surface area contributed by atoms with Crippen molar-refractivity contribution in [2.45, 2.75) is 26.7 Å². The van der Waals surface area contributed by atoms with Gasteiger partial charge in [0.1, 0.15) is 0 Å². The van der Waals surface area contributed by atoms with Crippen molar-refractivity contribution in [2.75, 3.05) is 13.1 Å². The molecule has 115 valence electrons. The zero-order valence-corrected chi connectivity index (χ0v) is 14.2. The third kappa shape index (κ3) is 8.61. The molecule has 0 aliphatic heterocycles. The van der Waals surface area contributed by atoms with Crippen LogP contribution in [-0.4, -0.2) is 34.3 Å². The first-order valence-electron chi connectivity index (χ1n) is 6.35. The molecule has 0 bridgehead atoms. The summed E-state index contributed by atoms with van der Waals surface area (Å²) in [6.07, 6.45) is 5.51. The van der Waals surface area contributed by atoms with E-state index < -0.39 is 0 Å². The van der Waals surface area contributed by atoms with Crippen molar-refractivity contribution in [3.05, 3.63) is 35.5 Å². The van der Waals surface area contributed by atoms with Crippen LogP contribution in [-0.2, 0) is 27.3 Å². The van der Waals surface area contributed by atoms with E-state index in [1.807, 2.05) is 18.2 Å². The molecule has 1 aromatic heterocycles. The Balaban J connectivity index is 0.00000172. The van der Waals surface area contributed by atoms with Crippen molar-refractivity contribution in [1.82, 2.24) is 9.88 Å². The van der Waals surface area contributed by atoms with Gasteiger partial charge in [0, 0.05) is 25.5 Å². The molecule has 0 radical (unpaired) electrons. The molecule has 0 atom stereocenters. The van der Waals surface area contributed by atoms with E-state index in [2.05, 4.69) is 71.7 Å². The van der Waals surface area contributed by atoms with E-state index in [1.165, 1.54) is 0 Å². The molecule has 4 nitrogen and oxygen atoms in total. The van der Waals surface area contributed by atoms with E-state index >= 15 is 0 Å². The zero-order valence-electron chi connectivity index (χ0n) is 11.6. The Morgan fingerprint density at radius 3 is 2.55 bits per heavy atom. The predicted octanol–water partition coefficient (Wildman–Crippen LogP) is 2.96. The van der Waals surface area contributed by atoms with Gasteiger partial charge in [-0.15, -0.1) is 0 Å². The minimum atomic E-state index is 0.658. The first-order valence-corrected chi connectivity index (χ1v) is 8.09. The molecule has 20 heavy (non-hydrogen) atoms. The van der Waals surface area contributed by atoms with Crippen LogP contribution in [0, 0.1) is 0 Å². The number of hydrogen-bond donors (Lipinski definition) is 0. The Bertz CT molecular complexity index is 383. The monoisotopic (exact) mass is 362 g/mol. The van der Waals surface area contributed by atoms with E-state index in [4.69, 9.17) is 0 Å². The molecule has 0 saturated carbocycles. The molecular weight excluding hydrogens is 343 g/mol. The van der Waals surface area contributed by atoms with Gasteiger partial charge in [0.05, 0.1) is 5.69 Å². The van der Waals surface area contributed by atoms with Gasteiger partial charge in [0.2, 0.25) is 0 Å². The topological polar surface area (TPSA) is 42.6 Å². The molecule has 0 fully saturated rings. The van der Waals surface area contributed by atoms with Crippen molar-refractivity contribution in [3.63, 3.8) is 0 Å². The number of thiol groups is 1. The summed E-state index contributed by atoms with van der Waals surface area (Å²) in [4.78, 5) is 6.26. The third-order valence-electron chi connectivity index (χ3n) is 2.29. The summed E-state index contributed by atoms with van der Waals surface area (Å²) in [5.41, 5.74) is 4.88. The number of halogens is 1. The number of aromatic nitrogens is 1. The predicted molar refractivity (Wildman–Crippen MR) is 87.0 cm³/mol. The Morgan fingerprint density at radius 1 is 1.40 bits per heavy atom. The standard InChI is InChI=1S/C13H20N4S.ClH.Cu/c1-3-9-17(10-4-2)13(18)16-15-11-12-7-5-6-8-14-12;;/h5-8,11H,3-4,9-10H2,1-2H3,(H,14,16,18);1H;/q;;+2/p-1. The second kappa shape index (κ2) is 13.5. The van der Waals surface area contributed by atoms with Crippen molar-refractivity contribution >= 4 is 33.6 Å². The SMILES string of the molecule is CCCN(CCC)C(=[SH+])[N-]N=Cc1ccccn1.[Cl][Cu+]. The zero-order chi connectivity index (χ0) is 15.2. The van der Waals surface area contributed by atoms with Crippen LogP contribution < -0.4 is 0 Å². The van der Waals surface area contributed by atoms with E-state index in [9.17, 15) is 0 Å². The Kier molecular flexibility index (Phi) is 13.1. The molecular formula is C13H20ClCuN4S+. The van der Waals surface area contributed by atoms with Crippen LogP contribution >= 0.6 is 10.1 Å². The quantitative estimate of drug-likeness (QED) is 0.195. The van der Waals surface area contributed by atoms with Crippen molar-refractivity contribution in [2.24, 2.45) is 5.10 Å². The number of hydrogen-bond acceptors (Lipinski definition) is 2. The van der Waals surface area contributed by atoms with E-state index in [0.29, 0.717) is 5.11 Å². The molecule has 0 N–H and O–H groups in total. The summed E-state index contributed by atoms with van der Waals surface area (Å²) in [5.74, 6) is 0. The minimum absolute atomic E-state index is 0.658. The number of rotatable bonds is 6. The molecule has 0 amide bonds. The van der Waals surface area contributed by atoms with Gasteiger partial charge >= 0.3 is 25.2 Å². The summed E-state index contributed by atoms with van der Waals surface area (Å²) in [7, 11) is 4.20. The van der Waals surface area contributed by atoms with E-state index in [-0.39, 0.29) is 0 Å². The van der Waals surface area contributed by atoms with Crippen LogP contribution in [0.15, 0.2) is 29.5 Å². The first kappa shape index (κ1) is 19.5. The summed E-state index contributed by atoms with van der Waals surface area (Å²) in [5, 5.41) is 4.67. The van der Waals surface area contributed by atoms with Gasteiger partial charge in [0.15, 0.2) is 17.3 Å². The van der Waals surface area contributed by atoms with Crippen LogP contribution in [0.2, 0.25) is 0 Å². The second-order valence-corrected chi connectivity index (χ2v) is 4.29.